The highest BCUT2D eigenvalue weighted by molar-refractivity contribution is 7.25. The van der Waals surface area contributed by atoms with Crippen LogP contribution in [-0.2, 0) is 0 Å². The lowest BCUT2D eigenvalue weighted by Gasteiger charge is -2.13. The summed E-state index contributed by atoms with van der Waals surface area (Å²) in [5, 5.41) is 9.57. The number of hydrogen-bond acceptors (Lipinski definition) is 3. The molecular formula is C44H26N4S. The summed E-state index contributed by atoms with van der Waals surface area (Å²) in [5.41, 5.74) is 7.56. The molecule has 11 rings (SSSR count). The fourth-order valence-electron chi connectivity index (χ4n) is 7.77. The number of aromatic nitrogens is 4. The van der Waals surface area contributed by atoms with Crippen molar-refractivity contribution < 1.29 is 0 Å². The van der Waals surface area contributed by atoms with Crippen LogP contribution < -0.4 is 0 Å². The highest BCUT2D eigenvalue weighted by atomic mass is 32.1. The molecule has 0 spiro atoms. The van der Waals surface area contributed by atoms with Crippen LogP contribution in [0.5, 0.6) is 0 Å². The zero-order valence-corrected chi connectivity index (χ0v) is 27.0. The Kier molecular flexibility index (Phi) is 5.51. The average Bonchev–Trinajstić information content (AvgIpc) is 3.80. The van der Waals surface area contributed by atoms with Gasteiger partial charge in [0.2, 0.25) is 5.95 Å². The third-order valence-corrected chi connectivity index (χ3v) is 11.1. The van der Waals surface area contributed by atoms with E-state index in [1.165, 1.54) is 53.1 Å². The highest BCUT2D eigenvalue weighted by Crippen LogP contribution is 2.45. The summed E-state index contributed by atoms with van der Waals surface area (Å²) in [4.78, 5) is 12.0. The Morgan fingerprint density at radius 3 is 1.94 bits per heavy atom. The van der Waals surface area contributed by atoms with E-state index >= 15 is 0 Å². The van der Waals surface area contributed by atoms with E-state index in [-0.39, 0.29) is 0 Å². The van der Waals surface area contributed by atoms with Gasteiger partial charge in [-0.25, -0.2) is 9.97 Å². The maximum absolute atomic E-state index is 5.39. The first-order valence-corrected chi connectivity index (χ1v) is 17.3. The molecule has 5 heteroatoms. The van der Waals surface area contributed by atoms with Crippen LogP contribution in [0.1, 0.15) is 0 Å². The molecule has 7 aromatic carbocycles. The number of thiophene rings is 1. The Hall–Kier alpha value is -6.30. The van der Waals surface area contributed by atoms with Gasteiger partial charge >= 0.3 is 0 Å². The van der Waals surface area contributed by atoms with E-state index in [0.717, 1.165) is 38.6 Å². The van der Waals surface area contributed by atoms with Gasteiger partial charge in [-0.3, -0.25) is 4.57 Å². The molecule has 228 valence electrons. The van der Waals surface area contributed by atoms with Crippen LogP contribution in [0, 0.1) is 0 Å². The number of nitrogens with zero attached hydrogens (tertiary/aromatic N) is 4. The van der Waals surface area contributed by atoms with Crippen LogP contribution in [0.25, 0.3) is 97.6 Å². The monoisotopic (exact) mass is 642 g/mol. The van der Waals surface area contributed by atoms with Crippen molar-refractivity contribution in [2.45, 2.75) is 0 Å². The van der Waals surface area contributed by atoms with Crippen LogP contribution >= 0.6 is 11.3 Å². The molecule has 0 atom stereocenters. The van der Waals surface area contributed by atoms with Crippen LogP contribution in [0.3, 0.4) is 0 Å². The molecule has 0 N–H and O–H groups in total. The van der Waals surface area contributed by atoms with Crippen LogP contribution in [0.4, 0.5) is 0 Å². The second-order valence-electron chi connectivity index (χ2n) is 12.6. The molecule has 49 heavy (non-hydrogen) atoms. The molecule has 0 fully saturated rings. The van der Waals surface area contributed by atoms with Crippen molar-refractivity contribution in [1.82, 2.24) is 19.1 Å². The smallest absolute Gasteiger partial charge is 0.235 e. The average molecular weight is 643 g/mol. The first kappa shape index (κ1) is 26.7. The van der Waals surface area contributed by atoms with Gasteiger partial charge in [0.1, 0.15) is 4.83 Å². The Bertz CT molecular complexity index is 3100. The largest absolute Gasteiger partial charge is 0.301 e. The van der Waals surface area contributed by atoms with Gasteiger partial charge in [0.25, 0.3) is 0 Å². The second-order valence-corrected chi connectivity index (χ2v) is 13.6. The Morgan fingerprint density at radius 1 is 0.449 bits per heavy atom. The van der Waals surface area contributed by atoms with Gasteiger partial charge < -0.3 is 4.57 Å². The van der Waals surface area contributed by atoms with Crippen LogP contribution in [0.2, 0.25) is 0 Å². The van der Waals surface area contributed by atoms with E-state index in [0.29, 0.717) is 5.95 Å². The molecule has 11 aromatic rings. The van der Waals surface area contributed by atoms with Crippen molar-refractivity contribution in [3.8, 4) is 22.9 Å². The van der Waals surface area contributed by atoms with E-state index in [1.807, 2.05) is 11.3 Å². The van der Waals surface area contributed by atoms with Crippen molar-refractivity contribution in [3.05, 3.63) is 158 Å². The molecule has 4 nitrogen and oxygen atoms in total. The molecule has 0 bridgehead atoms. The predicted octanol–water partition coefficient (Wildman–Crippen LogP) is 11.9. The zero-order valence-electron chi connectivity index (χ0n) is 26.2. The molecule has 4 heterocycles. The molecule has 0 unspecified atom stereocenters. The fourth-order valence-corrected chi connectivity index (χ4v) is 9.04. The van der Waals surface area contributed by atoms with Gasteiger partial charge in [0, 0.05) is 53.7 Å². The van der Waals surface area contributed by atoms with Gasteiger partial charge in [-0.2, -0.15) is 0 Å². The fraction of sp³-hybridized carbons (Fsp3) is 0. The van der Waals surface area contributed by atoms with Crippen molar-refractivity contribution in [2.75, 3.05) is 0 Å². The molecule has 0 saturated carbocycles. The Morgan fingerprint density at radius 2 is 1.12 bits per heavy atom. The van der Waals surface area contributed by atoms with Crippen molar-refractivity contribution in [1.29, 1.82) is 0 Å². The summed E-state index contributed by atoms with van der Waals surface area (Å²) in [6.07, 6.45) is 0. The third kappa shape index (κ3) is 3.79. The van der Waals surface area contributed by atoms with E-state index in [4.69, 9.17) is 9.97 Å². The first-order chi connectivity index (χ1) is 24.3. The molecular weight excluding hydrogens is 617 g/mol. The second kappa shape index (κ2) is 10.1. The maximum atomic E-state index is 5.39. The summed E-state index contributed by atoms with van der Waals surface area (Å²) in [5.74, 6) is 0.675. The molecule has 0 saturated heterocycles. The van der Waals surface area contributed by atoms with E-state index in [9.17, 15) is 0 Å². The molecule has 4 aromatic heterocycles. The minimum absolute atomic E-state index is 0.675. The lowest BCUT2D eigenvalue weighted by molar-refractivity contribution is 1.02. The Balaban J connectivity index is 1.27. The van der Waals surface area contributed by atoms with E-state index in [1.54, 1.807) is 0 Å². The quantitative estimate of drug-likeness (QED) is 0.180. The predicted molar refractivity (Wildman–Crippen MR) is 207 cm³/mol. The van der Waals surface area contributed by atoms with Gasteiger partial charge in [0.15, 0.2) is 0 Å². The maximum Gasteiger partial charge on any atom is 0.235 e. The molecule has 0 aliphatic carbocycles. The number of fused-ring (bicyclic) bond motifs is 11. The van der Waals surface area contributed by atoms with Gasteiger partial charge in [0.05, 0.1) is 27.8 Å². The summed E-state index contributed by atoms with van der Waals surface area (Å²) in [6.45, 7) is 0. The highest BCUT2D eigenvalue weighted by Gasteiger charge is 2.22. The number of rotatable bonds is 3. The van der Waals surface area contributed by atoms with Gasteiger partial charge in [-0.1, -0.05) is 115 Å². The molecule has 0 aliphatic rings. The minimum atomic E-state index is 0.675. The van der Waals surface area contributed by atoms with Gasteiger partial charge in [-0.15, -0.1) is 11.3 Å². The van der Waals surface area contributed by atoms with E-state index in [2.05, 4.69) is 167 Å². The summed E-state index contributed by atoms with van der Waals surface area (Å²) < 4.78 is 5.92. The number of para-hydroxylation sites is 3. The van der Waals surface area contributed by atoms with Crippen molar-refractivity contribution in [3.63, 3.8) is 0 Å². The first-order valence-electron chi connectivity index (χ1n) is 16.5. The van der Waals surface area contributed by atoms with Crippen LogP contribution in [0.15, 0.2) is 158 Å². The minimum Gasteiger partial charge on any atom is -0.301 e. The summed E-state index contributed by atoms with van der Waals surface area (Å²) in [6, 6.07) is 56.2. The molecule has 0 aliphatic heterocycles. The van der Waals surface area contributed by atoms with Gasteiger partial charge in [-0.05, 0) is 47.9 Å². The summed E-state index contributed by atoms with van der Waals surface area (Å²) >= 11 is 1.85. The van der Waals surface area contributed by atoms with Crippen LogP contribution in [-0.4, -0.2) is 19.1 Å². The SMILES string of the molecule is c1ccc(-c2nc(-n3c4ccccc4c4cc5c(cc43)sc3c5c4ccccc4n3-c3ccccc3)nc3c2ccc2ccccc23)cc1. The Labute approximate surface area is 284 Å². The lowest BCUT2D eigenvalue weighted by atomic mass is 10.0. The number of benzene rings is 7. The number of hydrogen-bond donors (Lipinski definition) is 0. The summed E-state index contributed by atoms with van der Waals surface area (Å²) in [7, 11) is 0. The lowest BCUT2D eigenvalue weighted by Crippen LogP contribution is -2.03. The normalized spacial score (nSPS) is 12.1. The van der Waals surface area contributed by atoms with E-state index < -0.39 is 0 Å². The molecule has 0 amide bonds. The standard InChI is InChI=1S/C44H26N4S/c1-3-14-28(15-4-1)41-33-24-23-27-13-7-8-18-30(27)42(33)46-44(45-41)48-36-21-11-9-19-31(36)34-25-35-39(26-38(34)48)49-43-40(35)32-20-10-12-22-37(32)47(43)29-16-5-2-6-17-29/h1-26H. The third-order valence-electron chi connectivity index (χ3n) is 9.92. The van der Waals surface area contributed by atoms with Crippen molar-refractivity contribution >= 4 is 86.0 Å². The topological polar surface area (TPSA) is 35.6 Å². The zero-order chi connectivity index (χ0) is 32.1. The van der Waals surface area contributed by atoms with Crippen molar-refractivity contribution in [2.24, 2.45) is 0 Å². The molecule has 0 radical (unpaired) electrons.